The van der Waals surface area contributed by atoms with Crippen molar-refractivity contribution in [2.24, 2.45) is 78.9 Å². The summed E-state index contributed by atoms with van der Waals surface area (Å²) < 4.78 is 14.0. The van der Waals surface area contributed by atoms with Crippen molar-refractivity contribution in [3.8, 4) is 0 Å². The summed E-state index contributed by atoms with van der Waals surface area (Å²) in [5.41, 5.74) is 1.07. The van der Waals surface area contributed by atoms with Gasteiger partial charge in [0, 0.05) is 45.5 Å². The second-order valence-electron chi connectivity index (χ2n) is 28.6. The number of amidine groups is 1. The first-order chi connectivity index (χ1) is 34.5. The van der Waals surface area contributed by atoms with Gasteiger partial charge in [0.05, 0.1) is 5.70 Å². The van der Waals surface area contributed by atoms with Crippen molar-refractivity contribution in [1.29, 1.82) is 0 Å². The molecule has 0 aromatic carbocycles. The molecule has 75 heavy (non-hydrogen) atoms. The van der Waals surface area contributed by atoms with Gasteiger partial charge in [-0.05, 0) is 133 Å². The number of hydrogen-bond donors (Lipinski definition) is 3. The minimum atomic E-state index is -0.685. The number of H-pyrrole nitrogens is 1. The number of carbonyl (C=O) groups excluding carboxylic acids is 4. The number of aromatic amines is 1. The molecule has 4 unspecified atom stereocenters. The molecule has 0 saturated heterocycles. The summed E-state index contributed by atoms with van der Waals surface area (Å²) in [4.78, 5) is 69.5. The molecular weight excluding hydrogens is 1000 g/mol. The standard InChI is InChI=1S/C64H107BrN4O6/c1-24-63(25-2,26-3)57(72)68-53-49(55(70)74-51-41(59(12,13)14)32-39(10)33-42(51)60(15,16)17)47(37(6)7)45(66-53)36-46-48(38(8)9)50(54(67-46)69-58(73)64(27-4,28-5)30-29-31-65)56(71)75-52-43(61(18,19)20)34-40(11)35-44(52)62(21,22)23/h36-44,51-52,66H,24-35H2,1-23H3,(H,68,72)(H,67,69,73). The zero-order valence-electron chi connectivity index (χ0n) is 51.6. The van der Waals surface area contributed by atoms with E-state index in [-0.39, 0.29) is 92.6 Å². The molecule has 11 heteroatoms. The van der Waals surface area contributed by atoms with Crippen LogP contribution in [0.5, 0.6) is 0 Å². The molecule has 4 rings (SSSR count). The molecule has 10 nitrogen and oxygen atoms in total. The van der Waals surface area contributed by atoms with Gasteiger partial charge in [-0.15, -0.1) is 0 Å². The van der Waals surface area contributed by atoms with E-state index in [1.165, 1.54) is 0 Å². The molecule has 2 fully saturated rings. The Morgan fingerprint density at radius 1 is 0.627 bits per heavy atom. The van der Waals surface area contributed by atoms with Gasteiger partial charge in [0.1, 0.15) is 35.0 Å². The summed E-state index contributed by atoms with van der Waals surface area (Å²) in [6, 6.07) is 0. The van der Waals surface area contributed by atoms with E-state index in [2.05, 4.69) is 156 Å². The van der Waals surface area contributed by atoms with Gasteiger partial charge in [-0.1, -0.05) is 175 Å². The highest BCUT2D eigenvalue weighted by molar-refractivity contribution is 9.09. The van der Waals surface area contributed by atoms with Gasteiger partial charge in [-0.25, -0.2) is 14.6 Å². The zero-order chi connectivity index (χ0) is 57.1. The largest absolute Gasteiger partial charge is 0.458 e. The summed E-state index contributed by atoms with van der Waals surface area (Å²) in [5.74, 6) is 0.0784. The van der Waals surface area contributed by atoms with Crippen LogP contribution in [-0.4, -0.2) is 52.1 Å². The molecule has 2 amide bonds. The van der Waals surface area contributed by atoms with Crippen LogP contribution < -0.4 is 10.6 Å². The van der Waals surface area contributed by atoms with Gasteiger partial charge in [-0.3, -0.25) is 9.59 Å². The molecule has 0 bridgehead atoms. The fourth-order valence-electron chi connectivity index (χ4n) is 13.4. The number of aliphatic imine (C=N–C) groups is 1. The quantitative estimate of drug-likeness (QED) is 0.0988. The molecule has 1 aliphatic heterocycles. The Balaban J connectivity index is 2.10. The number of nitrogens with one attached hydrogen (secondary N) is 3. The highest BCUT2D eigenvalue weighted by Gasteiger charge is 2.51. The molecule has 2 saturated carbocycles. The Kier molecular flexibility index (Phi) is 21.3. The van der Waals surface area contributed by atoms with Crippen molar-refractivity contribution in [2.75, 3.05) is 10.6 Å². The maximum Gasteiger partial charge on any atom is 0.342 e. The molecule has 426 valence electrons. The minimum Gasteiger partial charge on any atom is -0.458 e. The molecule has 1 aromatic rings. The number of aromatic nitrogens is 1. The van der Waals surface area contributed by atoms with E-state index in [4.69, 9.17) is 14.5 Å². The van der Waals surface area contributed by atoms with Gasteiger partial charge >= 0.3 is 11.9 Å². The topological polar surface area (TPSA) is 139 Å². The monoisotopic (exact) mass is 1110 g/mol. The Morgan fingerprint density at radius 2 is 1.03 bits per heavy atom. The van der Waals surface area contributed by atoms with Crippen molar-refractivity contribution < 1.29 is 28.7 Å². The average molecular weight is 1110 g/mol. The highest BCUT2D eigenvalue weighted by Crippen LogP contribution is 2.52. The smallest absolute Gasteiger partial charge is 0.342 e. The molecule has 0 spiro atoms. The lowest BCUT2D eigenvalue weighted by Gasteiger charge is -2.50. The fourth-order valence-corrected chi connectivity index (χ4v) is 13.7. The number of ether oxygens (including phenoxy) is 2. The Morgan fingerprint density at radius 3 is 1.39 bits per heavy atom. The van der Waals surface area contributed by atoms with Crippen LogP contribution in [0.2, 0.25) is 0 Å². The highest BCUT2D eigenvalue weighted by atomic mass is 79.9. The SMILES string of the molecule is CCC(CC)(CCCBr)C(=O)NC1=NC(=Cc2[nH]c(NC(=O)C(CC)(CC)CC)c(C(=O)OC3C(C(C)(C)C)CC(C)CC3C(C)(C)C)c2C(C)C)C(C(C)C)=C1C(=O)OC1C(C(C)(C)C)CC(C)CC1C(C)(C)C. The number of hydrogen-bond acceptors (Lipinski definition) is 7. The Labute approximate surface area is 465 Å². The van der Waals surface area contributed by atoms with Crippen LogP contribution in [0.1, 0.15) is 257 Å². The van der Waals surface area contributed by atoms with Crippen LogP contribution in [-0.2, 0) is 23.9 Å². The zero-order valence-corrected chi connectivity index (χ0v) is 53.2. The number of esters is 2. The number of halogens is 1. The maximum absolute atomic E-state index is 15.6. The van der Waals surface area contributed by atoms with Crippen molar-refractivity contribution in [3.63, 3.8) is 0 Å². The van der Waals surface area contributed by atoms with E-state index in [1.54, 1.807) is 0 Å². The average Bonchev–Trinajstić information content (AvgIpc) is 3.84. The van der Waals surface area contributed by atoms with Crippen LogP contribution in [0.3, 0.4) is 0 Å². The van der Waals surface area contributed by atoms with E-state index in [0.29, 0.717) is 84.3 Å². The van der Waals surface area contributed by atoms with Crippen molar-refractivity contribution in [3.05, 3.63) is 33.7 Å². The van der Waals surface area contributed by atoms with Crippen LogP contribution in [0.4, 0.5) is 5.82 Å². The van der Waals surface area contributed by atoms with Crippen molar-refractivity contribution in [1.82, 2.24) is 10.3 Å². The molecule has 4 atom stereocenters. The Bertz CT molecular complexity index is 2210. The summed E-state index contributed by atoms with van der Waals surface area (Å²) in [6.45, 7) is 50.0. The number of carbonyl (C=O) groups is 4. The minimum absolute atomic E-state index is 0.0987. The van der Waals surface area contributed by atoms with Crippen LogP contribution in [0.15, 0.2) is 21.8 Å². The number of rotatable bonds is 18. The normalized spacial score (nSPS) is 25.0. The van der Waals surface area contributed by atoms with Crippen molar-refractivity contribution in [2.45, 2.75) is 248 Å². The van der Waals surface area contributed by atoms with E-state index in [0.717, 1.165) is 37.4 Å². The van der Waals surface area contributed by atoms with Gasteiger partial charge in [-0.2, -0.15) is 0 Å². The Hall–Kier alpha value is -3.21. The predicted octanol–water partition coefficient (Wildman–Crippen LogP) is 17.0. The van der Waals surface area contributed by atoms with Crippen LogP contribution in [0.25, 0.3) is 6.08 Å². The third-order valence-electron chi connectivity index (χ3n) is 18.7. The van der Waals surface area contributed by atoms with E-state index in [1.807, 2.05) is 40.7 Å². The molecule has 2 aliphatic carbocycles. The summed E-state index contributed by atoms with van der Waals surface area (Å²) in [5, 5.41) is 7.30. The fraction of sp³-hybridized carbons (Fsp3) is 0.797. The molecule has 3 N–H and O–H groups in total. The van der Waals surface area contributed by atoms with Crippen LogP contribution >= 0.6 is 15.9 Å². The second kappa shape index (κ2) is 24.9. The van der Waals surface area contributed by atoms with Gasteiger partial charge in [0.15, 0.2) is 0 Å². The number of nitrogens with zero attached hydrogens (tertiary/aromatic N) is 1. The first-order valence-electron chi connectivity index (χ1n) is 29.4. The van der Waals surface area contributed by atoms with Gasteiger partial charge in [0.2, 0.25) is 11.8 Å². The lowest BCUT2D eigenvalue weighted by molar-refractivity contribution is -0.164. The van der Waals surface area contributed by atoms with E-state index < -0.39 is 22.8 Å². The van der Waals surface area contributed by atoms with Gasteiger partial charge < -0.3 is 25.1 Å². The first kappa shape index (κ1) is 64.3. The summed E-state index contributed by atoms with van der Waals surface area (Å²) in [7, 11) is 0. The molecule has 2 heterocycles. The van der Waals surface area contributed by atoms with Crippen LogP contribution in [0, 0.1) is 73.9 Å². The predicted molar refractivity (Wildman–Crippen MR) is 316 cm³/mol. The van der Waals surface area contributed by atoms with Crippen molar-refractivity contribution >= 4 is 57.4 Å². The third-order valence-corrected chi connectivity index (χ3v) is 19.2. The van der Waals surface area contributed by atoms with E-state index >= 15 is 9.59 Å². The lowest BCUT2D eigenvalue weighted by Crippen LogP contribution is -2.50. The maximum atomic E-state index is 15.6. The summed E-state index contributed by atoms with van der Waals surface area (Å²) in [6.07, 6.45) is 9.56. The number of allylic oxidation sites excluding steroid dienone is 1. The summed E-state index contributed by atoms with van der Waals surface area (Å²) >= 11 is 3.60. The first-order valence-corrected chi connectivity index (χ1v) is 30.6. The van der Waals surface area contributed by atoms with Gasteiger partial charge in [0.25, 0.3) is 0 Å². The molecule has 0 radical (unpaired) electrons. The number of alkyl halides is 1. The molecular formula is C64H107BrN4O6. The lowest BCUT2D eigenvalue weighted by atomic mass is 9.59. The second-order valence-corrected chi connectivity index (χ2v) is 29.4. The number of amides is 2. The molecule has 3 aliphatic rings. The number of anilines is 1. The third kappa shape index (κ3) is 14.3. The van der Waals surface area contributed by atoms with E-state index in [9.17, 15) is 9.59 Å². The molecule has 1 aromatic heterocycles.